The Hall–Kier alpha value is -3.12. The quantitative estimate of drug-likeness (QED) is 0.493. The van der Waals surface area contributed by atoms with Crippen LogP contribution >= 0.6 is 0 Å². The molecule has 30 heavy (non-hydrogen) atoms. The minimum Gasteiger partial charge on any atom is -0.351 e. The van der Waals surface area contributed by atoms with Crippen LogP contribution in [-0.4, -0.2) is 72.0 Å². The Labute approximate surface area is 173 Å². The minimum atomic E-state index is -3.56. The summed E-state index contributed by atoms with van der Waals surface area (Å²) in [5.74, 6) is -0.235. The van der Waals surface area contributed by atoms with Crippen molar-refractivity contribution in [1.29, 1.82) is 0 Å². The van der Waals surface area contributed by atoms with Gasteiger partial charge in [0.25, 0.3) is 11.6 Å². The third-order valence-electron chi connectivity index (χ3n) is 4.86. The molecule has 0 bridgehead atoms. The summed E-state index contributed by atoms with van der Waals surface area (Å²) in [6.45, 7) is 2.95. The average molecular weight is 434 g/mol. The second-order valence-corrected chi connectivity index (χ2v) is 8.80. The van der Waals surface area contributed by atoms with E-state index in [4.69, 9.17) is 0 Å². The van der Waals surface area contributed by atoms with Crippen LogP contribution in [0.3, 0.4) is 0 Å². The Kier molecular flexibility index (Phi) is 6.57. The number of nitro benzene ring substituents is 1. The number of amides is 1. The van der Waals surface area contributed by atoms with E-state index in [9.17, 15) is 23.3 Å². The van der Waals surface area contributed by atoms with Crippen LogP contribution in [0.5, 0.6) is 0 Å². The second-order valence-electron chi connectivity index (χ2n) is 6.71. The van der Waals surface area contributed by atoms with Crippen molar-refractivity contribution in [2.45, 2.75) is 6.92 Å². The molecule has 0 radical (unpaired) electrons. The first kappa shape index (κ1) is 21.6. The normalized spacial score (nSPS) is 15.0. The van der Waals surface area contributed by atoms with Crippen molar-refractivity contribution in [1.82, 2.24) is 19.6 Å². The highest BCUT2D eigenvalue weighted by Crippen LogP contribution is 2.21. The Morgan fingerprint density at radius 1 is 1.17 bits per heavy atom. The van der Waals surface area contributed by atoms with Crippen molar-refractivity contribution in [2.75, 3.05) is 43.4 Å². The summed E-state index contributed by atoms with van der Waals surface area (Å²) < 4.78 is 26.6. The van der Waals surface area contributed by atoms with Crippen molar-refractivity contribution in [3.05, 3.63) is 57.9 Å². The van der Waals surface area contributed by atoms with Gasteiger partial charge in [-0.1, -0.05) is 6.07 Å². The SMILES string of the molecule is Cc1c(C(=O)NCCS(=O)(=O)N2CCN(c3ncccn3)CC2)cccc1[N+](=O)[O-]. The summed E-state index contributed by atoms with van der Waals surface area (Å²) in [5, 5.41) is 13.5. The van der Waals surface area contributed by atoms with Crippen LogP contribution in [0.25, 0.3) is 0 Å². The zero-order valence-corrected chi connectivity index (χ0v) is 17.2. The van der Waals surface area contributed by atoms with E-state index >= 15 is 0 Å². The minimum absolute atomic E-state index is 0.0920. The van der Waals surface area contributed by atoms with Crippen LogP contribution in [0.1, 0.15) is 15.9 Å². The second kappa shape index (κ2) is 9.13. The molecule has 0 saturated carbocycles. The number of nitro groups is 1. The molecule has 1 aromatic carbocycles. The molecule has 11 nitrogen and oxygen atoms in total. The lowest BCUT2D eigenvalue weighted by molar-refractivity contribution is -0.385. The van der Waals surface area contributed by atoms with Crippen molar-refractivity contribution in [3.8, 4) is 0 Å². The zero-order valence-electron chi connectivity index (χ0n) is 16.4. The first-order valence-corrected chi connectivity index (χ1v) is 10.9. The van der Waals surface area contributed by atoms with Crippen molar-refractivity contribution in [2.24, 2.45) is 0 Å². The molecule has 0 unspecified atom stereocenters. The Morgan fingerprint density at radius 2 is 1.83 bits per heavy atom. The van der Waals surface area contributed by atoms with Gasteiger partial charge in [0.15, 0.2) is 0 Å². The van der Waals surface area contributed by atoms with Gasteiger partial charge in [0.2, 0.25) is 16.0 Å². The number of carbonyl (C=O) groups excluding carboxylic acids is 1. The summed E-state index contributed by atoms with van der Waals surface area (Å²) in [4.78, 5) is 33.0. The van der Waals surface area contributed by atoms with Crippen LogP contribution in [0.2, 0.25) is 0 Å². The van der Waals surface area contributed by atoms with Crippen LogP contribution in [0.4, 0.5) is 11.6 Å². The van der Waals surface area contributed by atoms with Crippen LogP contribution < -0.4 is 10.2 Å². The number of benzene rings is 1. The molecule has 0 aliphatic carbocycles. The van der Waals surface area contributed by atoms with E-state index in [1.165, 1.54) is 29.4 Å². The first-order chi connectivity index (χ1) is 14.3. The molecule has 0 spiro atoms. The zero-order chi connectivity index (χ0) is 21.7. The third kappa shape index (κ3) is 4.89. The third-order valence-corrected chi connectivity index (χ3v) is 6.73. The fourth-order valence-corrected chi connectivity index (χ4v) is 4.54. The van der Waals surface area contributed by atoms with Gasteiger partial charge >= 0.3 is 0 Å². The monoisotopic (exact) mass is 434 g/mol. The lowest BCUT2D eigenvalue weighted by Crippen LogP contribution is -2.50. The molecule has 1 amide bonds. The Balaban J connectivity index is 1.53. The smallest absolute Gasteiger partial charge is 0.273 e. The number of piperazine rings is 1. The summed E-state index contributed by atoms with van der Waals surface area (Å²) in [7, 11) is -3.56. The van der Waals surface area contributed by atoms with Gasteiger partial charge in [0.1, 0.15) is 0 Å². The predicted molar refractivity (Wildman–Crippen MR) is 110 cm³/mol. The predicted octanol–water partition coefficient (Wildman–Crippen LogP) is 0.575. The van der Waals surface area contributed by atoms with E-state index in [1.807, 2.05) is 4.90 Å². The van der Waals surface area contributed by atoms with Gasteiger partial charge in [0.05, 0.1) is 10.7 Å². The molecule has 3 rings (SSSR count). The molecule has 1 aromatic heterocycles. The fraction of sp³-hybridized carbons (Fsp3) is 0.389. The topological polar surface area (TPSA) is 139 Å². The number of anilines is 1. The van der Waals surface area contributed by atoms with Crippen molar-refractivity contribution in [3.63, 3.8) is 0 Å². The molecule has 1 saturated heterocycles. The number of hydrogen-bond acceptors (Lipinski definition) is 8. The maximum Gasteiger partial charge on any atom is 0.273 e. The van der Waals surface area contributed by atoms with Gasteiger partial charge in [-0.05, 0) is 19.1 Å². The molecule has 2 heterocycles. The number of nitrogens with zero attached hydrogens (tertiary/aromatic N) is 5. The number of nitrogens with one attached hydrogen (secondary N) is 1. The maximum absolute atomic E-state index is 12.6. The Bertz CT molecular complexity index is 1020. The molecule has 1 N–H and O–H groups in total. The molecular formula is C18H22N6O5S. The van der Waals surface area contributed by atoms with Gasteiger partial charge in [-0.3, -0.25) is 14.9 Å². The molecular weight excluding hydrogens is 412 g/mol. The maximum atomic E-state index is 12.6. The number of aromatic nitrogens is 2. The van der Waals surface area contributed by atoms with Crippen LogP contribution in [-0.2, 0) is 10.0 Å². The number of carbonyl (C=O) groups is 1. The van der Waals surface area contributed by atoms with E-state index < -0.39 is 20.9 Å². The van der Waals surface area contributed by atoms with E-state index in [0.717, 1.165) is 0 Å². The molecule has 160 valence electrons. The number of hydrogen-bond donors (Lipinski definition) is 1. The highest BCUT2D eigenvalue weighted by molar-refractivity contribution is 7.89. The fourth-order valence-electron chi connectivity index (χ4n) is 3.21. The van der Waals surface area contributed by atoms with Crippen LogP contribution in [0, 0.1) is 17.0 Å². The summed E-state index contributed by atoms with van der Waals surface area (Å²) >= 11 is 0. The molecule has 1 aliphatic heterocycles. The van der Waals surface area contributed by atoms with E-state index in [-0.39, 0.29) is 29.1 Å². The summed E-state index contributed by atoms with van der Waals surface area (Å²) in [6.07, 6.45) is 3.27. The van der Waals surface area contributed by atoms with Gasteiger partial charge in [-0.2, -0.15) is 4.31 Å². The Morgan fingerprint density at radius 3 is 2.47 bits per heavy atom. The lowest BCUT2D eigenvalue weighted by Gasteiger charge is -2.33. The standard InChI is InChI=1S/C18H22N6O5S/c1-14-15(4-2-5-16(14)24(26)27)17(25)19-8-13-30(28,29)23-11-9-22(10-12-23)18-20-6-3-7-21-18/h2-7H,8-13H2,1H3,(H,19,25). The van der Waals surface area contributed by atoms with E-state index in [0.29, 0.717) is 32.1 Å². The van der Waals surface area contributed by atoms with E-state index in [1.54, 1.807) is 18.5 Å². The first-order valence-electron chi connectivity index (χ1n) is 9.31. The van der Waals surface area contributed by atoms with Gasteiger partial charge in [0, 0.05) is 62.3 Å². The lowest BCUT2D eigenvalue weighted by atomic mass is 10.1. The molecule has 1 fully saturated rings. The summed E-state index contributed by atoms with van der Waals surface area (Å²) in [5.41, 5.74) is 0.232. The largest absolute Gasteiger partial charge is 0.351 e. The summed E-state index contributed by atoms with van der Waals surface area (Å²) in [6, 6.07) is 5.92. The average Bonchev–Trinajstić information content (AvgIpc) is 2.74. The van der Waals surface area contributed by atoms with Crippen LogP contribution in [0.15, 0.2) is 36.7 Å². The molecule has 12 heteroatoms. The van der Waals surface area contributed by atoms with Gasteiger partial charge in [-0.25, -0.2) is 18.4 Å². The highest BCUT2D eigenvalue weighted by atomic mass is 32.2. The number of rotatable bonds is 7. The molecule has 0 atom stereocenters. The molecule has 2 aromatic rings. The van der Waals surface area contributed by atoms with Crippen molar-refractivity contribution < 1.29 is 18.1 Å². The van der Waals surface area contributed by atoms with Gasteiger partial charge in [-0.15, -0.1) is 0 Å². The van der Waals surface area contributed by atoms with Gasteiger partial charge < -0.3 is 10.2 Å². The van der Waals surface area contributed by atoms with Crippen molar-refractivity contribution >= 4 is 27.6 Å². The van der Waals surface area contributed by atoms with E-state index in [2.05, 4.69) is 15.3 Å². The molecule has 1 aliphatic rings. The number of sulfonamides is 1. The highest BCUT2D eigenvalue weighted by Gasteiger charge is 2.28.